The summed E-state index contributed by atoms with van der Waals surface area (Å²) in [5, 5.41) is 14.0. The van der Waals surface area contributed by atoms with Gasteiger partial charge in [-0.15, -0.1) is 0 Å². The number of hydrogen-bond acceptors (Lipinski definition) is 5. The summed E-state index contributed by atoms with van der Waals surface area (Å²) in [4.78, 5) is 32.4. The van der Waals surface area contributed by atoms with Crippen molar-refractivity contribution < 1.29 is 13.7 Å². The number of nitro groups is 1. The molecule has 0 N–H and O–H groups in total. The number of halogens is 2. The van der Waals surface area contributed by atoms with Crippen LogP contribution in [0.1, 0.15) is 0 Å². The SMILES string of the molecule is Cn1c(=O)cnn(-c2cc([N+](=O)[O-])c(F)cc2F)c1=O. The first-order chi connectivity index (χ1) is 9.32. The van der Waals surface area contributed by atoms with Crippen molar-refractivity contribution in [1.82, 2.24) is 14.3 Å². The maximum atomic E-state index is 13.6. The highest BCUT2D eigenvalue weighted by molar-refractivity contribution is 5.44. The quantitative estimate of drug-likeness (QED) is 0.576. The molecular weight excluding hydrogens is 278 g/mol. The third-order valence-electron chi connectivity index (χ3n) is 2.52. The van der Waals surface area contributed by atoms with E-state index >= 15 is 0 Å². The van der Waals surface area contributed by atoms with Crippen LogP contribution in [-0.2, 0) is 7.05 Å². The normalized spacial score (nSPS) is 10.6. The lowest BCUT2D eigenvalue weighted by atomic mass is 10.2. The molecule has 0 atom stereocenters. The molecule has 0 aliphatic carbocycles. The Morgan fingerprint density at radius 1 is 1.25 bits per heavy atom. The van der Waals surface area contributed by atoms with Gasteiger partial charge in [0.15, 0.2) is 5.82 Å². The van der Waals surface area contributed by atoms with Crippen molar-refractivity contribution in [3.63, 3.8) is 0 Å². The second kappa shape index (κ2) is 4.64. The van der Waals surface area contributed by atoms with E-state index in [4.69, 9.17) is 0 Å². The van der Waals surface area contributed by atoms with Gasteiger partial charge in [0.05, 0.1) is 4.92 Å². The maximum absolute atomic E-state index is 13.6. The van der Waals surface area contributed by atoms with Gasteiger partial charge in [-0.25, -0.2) is 9.18 Å². The largest absolute Gasteiger partial charge is 0.352 e. The van der Waals surface area contributed by atoms with E-state index in [1.165, 1.54) is 0 Å². The molecule has 20 heavy (non-hydrogen) atoms. The maximum Gasteiger partial charge on any atom is 0.352 e. The molecule has 0 spiro atoms. The highest BCUT2D eigenvalue weighted by atomic mass is 19.1. The van der Waals surface area contributed by atoms with E-state index in [0.717, 1.165) is 13.2 Å². The second-order valence-electron chi connectivity index (χ2n) is 3.75. The highest BCUT2D eigenvalue weighted by Crippen LogP contribution is 2.22. The summed E-state index contributed by atoms with van der Waals surface area (Å²) >= 11 is 0. The molecule has 0 unspecified atom stereocenters. The lowest BCUT2D eigenvalue weighted by Crippen LogP contribution is -2.38. The fourth-order valence-corrected chi connectivity index (χ4v) is 1.47. The van der Waals surface area contributed by atoms with Crippen LogP contribution in [0.3, 0.4) is 0 Å². The minimum absolute atomic E-state index is 0.271. The van der Waals surface area contributed by atoms with Gasteiger partial charge < -0.3 is 0 Å². The van der Waals surface area contributed by atoms with Gasteiger partial charge in [0.2, 0.25) is 5.82 Å². The average molecular weight is 284 g/mol. The van der Waals surface area contributed by atoms with Crippen LogP contribution in [0, 0.1) is 21.7 Å². The number of benzene rings is 1. The van der Waals surface area contributed by atoms with Crippen LogP contribution in [-0.4, -0.2) is 19.3 Å². The predicted octanol–water partition coefficient (Wildman–Crippen LogP) is 0.118. The van der Waals surface area contributed by atoms with Crippen LogP contribution in [0.2, 0.25) is 0 Å². The average Bonchev–Trinajstić information content (AvgIpc) is 2.37. The Balaban J connectivity index is 2.80. The third kappa shape index (κ3) is 2.06. The van der Waals surface area contributed by atoms with Crippen molar-refractivity contribution in [2.24, 2.45) is 7.05 Å². The smallest absolute Gasteiger partial charge is 0.267 e. The molecule has 2 aromatic rings. The van der Waals surface area contributed by atoms with Gasteiger partial charge in [-0.3, -0.25) is 19.5 Å². The zero-order valence-electron chi connectivity index (χ0n) is 9.91. The van der Waals surface area contributed by atoms with Gasteiger partial charge in [0, 0.05) is 19.2 Å². The second-order valence-corrected chi connectivity index (χ2v) is 3.75. The zero-order valence-corrected chi connectivity index (χ0v) is 9.91. The summed E-state index contributed by atoms with van der Waals surface area (Å²) < 4.78 is 27.9. The lowest BCUT2D eigenvalue weighted by Gasteiger charge is -2.06. The number of rotatable bonds is 2. The van der Waals surface area contributed by atoms with Crippen molar-refractivity contribution in [1.29, 1.82) is 0 Å². The molecule has 2 rings (SSSR count). The molecule has 1 heterocycles. The topological polar surface area (TPSA) is 100 Å². The van der Waals surface area contributed by atoms with E-state index in [1.807, 2.05) is 0 Å². The first kappa shape index (κ1) is 13.5. The molecule has 104 valence electrons. The van der Waals surface area contributed by atoms with Crippen molar-refractivity contribution in [3.8, 4) is 5.69 Å². The first-order valence-corrected chi connectivity index (χ1v) is 5.12. The summed E-state index contributed by atoms with van der Waals surface area (Å²) in [5.74, 6) is -2.60. The van der Waals surface area contributed by atoms with E-state index in [2.05, 4.69) is 5.10 Å². The van der Waals surface area contributed by atoms with Crippen molar-refractivity contribution in [2.45, 2.75) is 0 Å². The van der Waals surface area contributed by atoms with E-state index in [9.17, 15) is 28.5 Å². The monoisotopic (exact) mass is 284 g/mol. The molecule has 1 aromatic carbocycles. The first-order valence-electron chi connectivity index (χ1n) is 5.12. The number of nitro benzene ring substituents is 1. The molecule has 0 radical (unpaired) electrons. The van der Waals surface area contributed by atoms with Gasteiger partial charge in [0.1, 0.15) is 11.9 Å². The van der Waals surface area contributed by atoms with E-state index < -0.39 is 39.2 Å². The molecule has 0 aliphatic rings. The van der Waals surface area contributed by atoms with E-state index in [1.54, 1.807) is 0 Å². The standard InChI is InChI=1S/C10H6F2N4O4/c1-14-9(17)4-13-15(10(14)18)7-3-8(16(19)20)6(12)2-5(7)11/h2-4H,1H3. The van der Waals surface area contributed by atoms with Crippen molar-refractivity contribution in [2.75, 3.05) is 0 Å². The van der Waals surface area contributed by atoms with Crippen LogP contribution in [0.15, 0.2) is 27.9 Å². The zero-order chi connectivity index (χ0) is 15.0. The molecule has 10 heteroatoms. The third-order valence-corrected chi connectivity index (χ3v) is 2.52. The highest BCUT2D eigenvalue weighted by Gasteiger charge is 2.21. The Morgan fingerprint density at radius 3 is 2.50 bits per heavy atom. The molecule has 1 aromatic heterocycles. The summed E-state index contributed by atoms with van der Waals surface area (Å²) in [6.07, 6.45) is 0.732. The van der Waals surface area contributed by atoms with Crippen LogP contribution in [0.25, 0.3) is 5.69 Å². The molecular formula is C10H6F2N4O4. The summed E-state index contributed by atoms with van der Waals surface area (Å²) in [5.41, 5.74) is -3.39. The van der Waals surface area contributed by atoms with Crippen LogP contribution in [0.4, 0.5) is 14.5 Å². The Morgan fingerprint density at radius 2 is 1.90 bits per heavy atom. The van der Waals surface area contributed by atoms with Gasteiger partial charge >= 0.3 is 11.4 Å². The Labute approximate surface area is 108 Å². The fraction of sp³-hybridized carbons (Fsp3) is 0.100. The van der Waals surface area contributed by atoms with Gasteiger partial charge in [-0.1, -0.05) is 0 Å². The van der Waals surface area contributed by atoms with Crippen LogP contribution >= 0.6 is 0 Å². The Hall–Kier alpha value is -2.91. The van der Waals surface area contributed by atoms with Gasteiger partial charge in [0.25, 0.3) is 5.56 Å². The summed E-state index contributed by atoms with van der Waals surface area (Å²) in [6, 6.07) is 0.802. The molecule has 0 bridgehead atoms. The van der Waals surface area contributed by atoms with E-state index in [0.29, 0.717) is 15.3 Å². The van der Waals surface area contributed by atoms with Crippen LogP contribution < -0.4 is 11.2 Å². The molecule has 0 amide bonds. The molecule has 0 fully saturated rings. The van der Waals surface area contributed by atoms with Crippen LogP contribution in [0.5, 0.6) is 0 Å². The fourth-order valence-electron chi connectivity index (χ4n) is 1.47. The van der Waals surface area contributed by atoms with Gasteiger partial charge in [-0.05, 0) is 0 Å². The Kier molecular flexibility index (Phi) is 3.14. The Bertz CT molecular complexity index is 827. The minimum Gasteiger partial charge on any atom is -0.267 e. The minimum atomic E-state index is -1.38. The number of nitrogens with zero attached hydrogens (tertiary/aromatic N) is 4. The molecule has 0 saturated carbocycles. The molecule has 0 saturated heterocycles. The predicted molar refractivity (Wildman–Crippen MR) is 61.6 cm³/mol. The summed E-state index contributed by atoms with van der Waals surface area (Å²) in [6.45, 7) is 0. The van der Waals surface area contributed by atoms with E-state index in [-0.39, 0.29) is 6.07 Å². The molecule has 0 aliphatic heterocycles. The molecule has 8 nitrogen and oxygen atoms in total. The number of hydrogen-bond donors (Lipinski definition) is 0. The van der Waals surface area contributed by atoms with Gasteiger partial charge in [-0.2, -0.15) is 14.2 Å². The summed E-state index contributed by atoms with van der Waals surface area (Å²) in [7, 11) is 1.12. The number of aromatic nitrogens is 3. The van der Waals surface area contributed by atoms with Crippen molar-refractivity contribution in [3.05, 3.63) is 60.9 Å². The van der Waals surface area contributed by atoms with Crippen molar-refractivity contribution >= 4 is 5.69 Å². The lowest BCUT2D eigenvalue weighted by molar-refractivity contribution is -0.387.